The molecule has 0 saturated carbocycles. The summed E-state index contributed by atoms with van der Waals surface area (Å²) in [7, 11) is 0. The van der Waals surface area contributed by atoms with E-state index in [1.165, 1.54) is 0 Å². The van der Waals surface area contributed by atoms with Crippen LogP contribution in [-0.2, 0) is 6.18 Å². The quantitative estimate of drug-likeness (QED) is 0.728. The van der Waals surface area contributed by atoms with Crippen molar-refractivity contribution in [2.45, 2.75) is 32.5 Å². The average Bonchev–Trinajstić information content (AvgIpc) is 2.38. The number of alkyl halides is 3. The summed E-state index contributed by atoms with van der Waals surface area (Å²) in [5, 5.41) is 13.6. The average molecular weight is 322 g/mol. The second-order valence-corrected chi connectivity index (χ2v) is 5.30. The molecule has 3 N–H and O–H groups in total. The third-order valence-electron chi connectivity index (χ3n) is 2.85. The number of carbonyl (C=O) groups excluding carboxylic acids is 1. The number of halogens is 4. The van der Waals surface area contributed by atoms with Gasteiger partial charge in [-0.15, -0.1) is 0 Å². The minimum atomic E-state index is -4.79. The Morgan fingerprint density at radius 3 is 2.45 bits per heavy atom. The second kappa shape index (κ2) is 7.44. The first-order chi connectivity index (χ1) is 10.1. The van der Waals surface area contributed by atoms with E-state index in [0.717, 1.165) is 12.1 Å². The monoisotopic (exact) mass is 322 g/mol. The number of nitrogens with one attached hydrogen (secondary N) is 2. The van der Waals surface area contributed by atoms with E-state index in [-0.39, 0.29) is 12.5 Å². The molecular formula is C14H18F4N2O2. The summed E-state index contributed by atoms with van der Waals surface area (Å²) >= 11 is 0. The van der Waals surface area contributed by atoms with E-state index >= 15 is 0 Å². The molecule has 124 valence electrons. The molecule has 0 aliphatic heterocycles. The molecule has 1 aromatic carbocycles. The van der Waals surface area contributed by atoms with E-state index in [4.69, 9.17) is 5.11 Å². The highest BCUT2D eigenvalue weighted by atomic mass is 19.4. The van der Waals surface area contributed by atoms with Crippen LogP contribution in [0, 0.1) is 11.7 Å². The summed E-state index contributed by atoms with van der Waals surface area (Å²) < 4.78 is 51.4. The first-order valence-electron chi connectivity index (χ1n) is 6.68. The maximum absolute atomic E-state index is 13.0. The highest BCUT2D eigenvalue weighted by molar-refractivity contribution is 5.90. The van der Waals surface area contributed by atoms with Crippen LogP contribution in [-0.4, -0.2) is 23.8 Å². The number of rotatable bonds is 5. The van der Waals surface area contributed by atoms with Gasteiger partial charge >= 0.3 is 12.2 Å². The van der Waals surface area contributed by atoms with Crippen molar-refractivity contribution in [3.05, 3.63) is 29.6 Å². The minimum absolute atomic E-state index is 0.189. The van der Waals surface area contributed by atoms with Crippen molar-refractivity contribution in [2.24, 2.45) is 5.92 Å². The van der Waals surface area contributed by atoms with Gasteiger partial charge in [-0.3, -0.25) is 0 Å². The largest absolute Gasteiger partial charge is 0.418 e. The Labute approximate surface area is 125 Å². The predicted molar refractivity (Wildman–Crippen MR) is 73.9 cm³/mol. The Balaban J connectivity index is 2.84. The molecule has 0 bridgehead atoms. The van der Waals surface area contributed by atoms with Crippen LogP contribution in [0.5, 0.6) is 0 Å². The molecule has 1 rings (SSSR count). The van der Waals surface area contributed by atoms with Gasteiger partial charge in [0.25, 0.3) is 0 Å². The topological polar surface area (TPSA) is 61.4 Å². The standard InChI is InChI=1S/C14H18F4N2O2/c1-8(2)5-10(7-21)19-13(22)20-12-4-3-9(15)6-11(12)14(16,17)18/h3-4,6,8,10,21H,5,7H2,1-2H3,(H2,19,20,22). The van der Waals surface area contributed by atoms with Crippen LogP contribution in [0.3, 0.4) is 0 Å². The number of aliphatic hydroxyl groups excluding tert-OH is 1. The summed E-state index contributed by atoms with van der Waals surface area (Å²) in [4.78, 5) is 11.7. The number of benzene rings is 1. The van der Waals surface area contributed by atoms with Gasteiger partial charge in [0.05, 0.1) is 23.9 Å². The summed E-state index contributed by atoms with van der Waals surface area (Å²) in [6, 6.07) is 0.510. The van der Waals surface area contributed by atoms with Gasteiger partial charge in [-0.25, -0.2) is 9.18 Å². The fourth-order valence-electron chi connectivity index (χ4n) is 1.95. The lowest BCUT2D eigenvalue weighted by Gasteiger charge is -2.20. The van der Waals surface area contributed by atoms with Gasteiger partial charge in [-0.1, -0.05) is 13.8 Å². The maximum Gasteiger partial charge on any atom is 0.418 e. The summed E-state index contributed by atoms with van der Waals surface area (Å²) in [6.07, 6.45) is -4.32. The van der Waals surface area contributed by atoms with Gasteiger partial charge in [0, 0.05) is 0 Å². The van der Waals surface area contributed by atoms with Crippen molar-refractivity contribution in [1.82, 2.24) is 5.32 Å². The number of urea groups is 1. The van der Waals surface area contributed by atoms with E-state index in [0.29, 0.717) is 12.5 Å². The first kappa shape index (κ1) is 18.2. The van der Waals surface area contributed by atoms with Gasteiger partial charge in [0.2, 0.25) is 0 Å². The van der Waals surface area contributed by atoms with Gasteiger partial charge in [-0.2, -0.15) is 13.2 Å². The van der Waals surface area contributed by atoms with E-state index in [9.17, 15) is 22.4 Å². The Bertz CT molecular complexity index is 518. The third-order valence-corrected chi connectivity index (χ3v) is 2.85. The summed E-state index contributed by atoms with van der Waals surface area (Å²) in [5.41, 5.74) is -1.82. The van der Waals surface area contributed by atoms with Crippen LogP contribution in [0.15, 0.2) is 18.2 Å². The molecule has 1 unspecified atom stereocenters. The summed E-state index contributed by atoms with van der Waals surface area (Å²) in [6.45, 7) is 3.43. The van der Waals surface area contributed by atoms with Crippen molar-refractivity contribution in [3.63, 3.8) is 0 Å². The van der Waals surface area contributed by atoms with Crippen LogP contribution in [0.2, 0.25) is 0 Å². The van der Waals surface area contributed by atoms with Crippen LogP contribution in [0.1, 0.15) is 25.8 Å². The molecule has 4 nitrogen and oxygen atoms in total. The Kier molecular flexibility index (Phi) is 6.16. The zero-order valence-electron chi connectivity index (χ0n) is 12.2. The molecule has 0 heterocycles. The molecule has 0 spiro atoms. The first-order valence-corrected chi connectivity index (χ1v) is 6.68. The Hall–Kier alpha value is -1.83. The van der Waals surface area contributed by atoms with Gasteiger partial charge in [0.15, 0.2) is 0 Å². The van der Waals surface area contributed by atoms with Gasteiger partial charge < -0.3 is 15.7 Å². The molecular weight excluding hydrogens is 304 g/mol. The predicted octanol–water partition coefficient (Wildman–Crippen LogP) is 3.37. The van der Waals surface area contributed by atoms with Crippen molar-refractivity contribution in [3.8, 4) is 0 Å². The van der Waals surface area contributed by atoms with Crippen LogP contribution < -0.4 is 10.6 Å². The highest BCUT2D eigenvalue weighted by Gasteiger charge is 2.34. The van der Waals surface area contributed by atoms with E-state index in [1.54, 1.807) is 0 Å². The fraction of sp³-hybridized carbons (Fsp3) is 0.500. The molecule has 0 fully saturated rings. The number of aliphatic hydroxyl groups is 1. The molecule has 1 atom stereocenters. The van der Waals surface area contributed by atoms with Crippen LogP contribution in [0.25, 0.3) is 0 Å². The molecule has 1 aromatic rings. The van der Waals surface area contributed by atoms with Crippen molar-refractivity contribution in [1.29, 1.82) is 0 Å². The lowest BCUT2D eigenvalue weighted by atomic mass is 10.0. The Morgan fingerprint density at radius 1 is 1.32 bits per heavy atom. The Morgan fingerprint density at radius 2 is 1.95 bits per heavy atom. The second-order valence-electron chi connectivity index (χ2n) is 5.30. The smallest absolute Gasteiger partial charge is 0.394 e. The molecule has 0 aliphatic carbocycles. The van der Waals surface area contributed by atoms with E-state index in [2.05, 4.69) is 5.32 Å². The van der Waals surface area contributed by atoms with Crippen molar-refractivity contribution >= 4 is 11.7 Å². The highest BCUT2D eigenvalue weighted by Crippen LogP contribution is 2.35. The third kappa shape index (κ3) is 5.51. The number of hydrogen-bond donors (Lipinski definition) is 3. The molecule has 22 heavy (non-hydrogen) atoms. The van der Waals surface area contributed by atoms with Crippen molar-refractivity contribution < 1.29 is 27.5 Å². The molecule has 2 amide bonds. The lowest BCUT2D eigenvalue weighted by molar-refractivity contribution is -0.137. The van der Waals surface area contributed by atoms with Gasteiger partial charge in [0.1, 0.15) is 5.82 Å². The zero-order chi connectivity index (χ0) is 16.9. The molecule has 8 heteroatoms. The number of amides is 2. The SMILES string of the molecule is CC(C)CC(CO)NC(=O)Nc1ccc(F)cc1C(F)(F)F. The fourth-order valence-corrected chi connectivity index (χ4v) is 1.95. The zero-order valence-corrected chi connectivity index (χ0v) is 12.2. The van der Waals surface area contributed by atoms with E-state index in [1.807, 2.05) is 19.2 Å². The molecule has 0 saturated heterocycles. The van der Waals surface area contributed by atoms with Crippen molar-refractivity contribution in [2.75, 3.05) is 11.9 Å². The maximum atomic E-state index is 13.0. The lowest BCUT2D eigenvalue weighted by Crippen LogP contribution is -2.41. The molecule has 0 aromatic heterocycles. The minimum Gasteiger partial charge on any atom is -0.394 e. The summed E-state index contributed by atoms with van der Waals surface area (Å²) in [5.74, 6) is -0.861. The number of carbonyl (C=O) groups is 1. The van der Waals surface area contributed by atoms with Crippen LogP contribution >= 0.6 is 0 Å². The van der Waals surface area contributed by atoms with E-state index < -0.39 is 35.3 Å². The molecule has 0 radical (unpaired) electrons. The molecule has 0 aliphatic rings. The normalized spacial score (nSPS) is 13.1. The number of hydrogen-bond acceptors (Lipinski definition) is 2. The van der Waals surface area contributed by atoms with Crippen LogP contribution in [0.4, 0.5) is 28.0 Å². The van der Waals surface area contributed by atoms with Gasteiger partial charge in [-0.05, 0) is 30.5 Å². The number of anilines is 1.